The van der Waals surface area contributed by atoms with Gasteiger partial charge in [-0.15, -0.1) is 0 Å². The van der Waals surface area contributed by atoms with E-state index in [1.54, 1.807) is 0 Å². The lowest BCUT2D eigenvalue weighted by Crippen LogP contribution is -2.64. The summed E-state index contributed by atoms with van der Waals surface area (Å²) in [5.41, 5.74) is 5.66. The van der Waals surface area contributed by atoms with Gasteiger partial charge in [-0.1, -0.05) is 32.6 Å². The minimum atomic E-state index is -0.608. The average molecular weight is 240 g/mol. The lowest BCUT2D eigenvalue weighted by Gasteiger charge is -2.49. The van der Waals surface area contributed by atoms with Gasteiger partial charge in [-0.2, -0.15) is 0 Å². The van der Waals surface area contributed by atoms with Crippen LogP contribution in [0.1, 0.15) is 58.3 Å². The summed E-state index contributed by atoms with van der Waals surface area (Å²) in [5, 5.41) is 10.9. The minimum Gasteiger partial charge on any atom is -0.388 e. The molecule has 1 aliphatic carbocycles. The fourth-order valence-electron chi connectivity index (χ4n) is 3.56. The molecular formula is C14H28N2O. The van der Waals surface area contributed by atoms with Crippen LogP contribution >= 0.6 is 0 Å². The second-order valence-electron chi connectivity index (χ2n) is 6.04. The first kappa shape index (κ1) is 13.3. The fourth-order valence-corrected chi connectivity index (χ4v) is 3.56. The second-order valence-corrected chi connectivity index (χ2v) is 6.04. The Morgan fingerprint density at radius 2 is 1.53 bits per heavy atom. The van der Waals surface area contributed by atoms with Crippen LogP contribution in [0.3, 0.4) is 0 Å². The molecule has 1 saturated carbocycles. The predicted molar refractivity (Wildman–Crippen MR) is 70.9 cm³/mol. The van der Waals surface area contributed by atoms with Crippen molar-refractivity contribution in [3.63, 3.8) is 0 Å². The molecule has 2 aliphatic rings. The normalized spacial score (nSPS) is 29.8. The van der Waals surface area contributed by atoms with E-state index in [-0.39, 0.29) is 5.54 Å². The first-order chi connectivity index (χ1) is 8.10. The summed E-state index contributed by atoms with van der Waals surface area (Å²) in [7, 11) is 0. The Balaban J connectivity index is 2.03. The quantitative estimate of drug-likeness (QED) is 0.725. The third kappa shape index (κ3) is 2.67. The Hall–Kier alpha value is -0.120. The molecule has 0 spiro atoms. The van der Waals surface area contributed by atoms with E-state index in [0.29, 0.717) is 0 Å². The summed E-state index contributed by atoms with van der Waals surface area (Å²) < 4.78 is 0. The molecule has 3 N–H and O–H groups in total. The van der Waals surface area contributed by atoms with Gasteiger partial charge in [0.1, 0.15) is 0 Å². The summed E-state index contributed by atoms with van der Waals surface area (Å²) in [6.07, 6.45) is 8.69. The molecule has 0 bridgehead atoms. The number of nitrogens with zero attached hydrogens (tertiary/aromatic N) is 1. The molecule has 0 amide bonds. The van der Waals surface area contributed by atoms with Crippen LogP contribution in [-0.4, -0.2) is 40.8 Å². The highest BCUT2D eigenvalue weighted by molar-refractivity contribution is 5.06. The molecular weight excluding hydrogens is 212 g/mol. The van der Waals surface area contributed by atoms with Gasteiger partial charge in [-0.05, 0) is 32.2 Å². The van der Waals surface area contributed by atoms with E-state index >= 15 is 0 Å². The van der Waals surface area contributed by atoms with E-state index in [0.717, 1.165) is 45.3 Å². The molecule has 3 heteroatoms. The summed E-state index contributed by atoms with van der Waals surface area (Å²) >= 11 is 0. The maximum Gasteiger partial charge on any atom is 0.0850 e. The SMILES string of the molecule is CCN1CCC(O)(C2(N)CCCCCC2)CC1. The number of rotatable bonds is 2. The van der Waals surface area contributed by atoms with E-state index in [4.69, 9.17) is 5.73 Å². The molecule has 3 nitrogen and oxygen atoms in total. The molecule has 0 atom stereocenters. The van der Waals surface area contributed by atoms with Crippen molar-refractivity contribution in [1.29, 1.82) is 0 Å². The van der Waals surface area contributed by atoms with Crippen LogP contribution in [0, 0.1) is 0 Å². The van der Waals surface area contributed by atoms with Crippen molar-refractivity contribution in [3.8, 4) is 0 Å². The van der Waals surface area contributed by atoms with Gasteiger partial charge in [0.05, 0.1) is 5.60 Å². The predicted octanol–water partition coefficient (Wildman–Crippen LogP) is 1.88. The van der Waals surface area contributed by atoms with Crippen LogP contribution in [0.5, 0.6) is 0 Å². The van der Waals surface area contributed by atoms with E-state index < -0.39 is 5.60 Å². The van der Waals surface area contributed by atoms with Crippen LogP contribution in [0.25, 0.3) is 0 Å². The molecule has 100 valence electrons. The van der Waals surface area contributed by atoms with Gasteiger partial charge in [0.15, 0.2) is 0 Å². The van der Waals surface area contributed by atoms with Crippen molar-refractivity contribution in [1.82, 2.24) is 4.90 Å². The van der Waals surface area contributed by atoms with Crippen LogP contribution in [-0.2, 0) is 0 Å². The number of piperidine rings is 1. The lowest BCUT2D eigenvalue weighted by molar-refractivity contribution is -0.0849. The van der Waals surface area contributed by atoms with E-state index in [1.165, 1.54) is 25.7 Å². The third-order valence-corrected chi connectivity index (χ3v) is 5.05. The highest BCUT2D eigenvalue weighted by Crippen LogP contribution is 2.39. The standard InChI is InChI=1S/C14H28N2O/c1-2-16-11-9-14(17,10-12-16)13(15)7-5-3-4-6-8-13/h17H,2-12,15H2,1H3. The molecule has 0 radical (unpaired) electrons. The second kappa shape index (κ2) is 5.25. The molecule has 0 unspecified atom stereocenters. The van der Waals surface area contributed by atoms with Crippen LogP contribution in [0.15, 0.2) is 0 Å². The summed E-state index contributed by atoms with van der Waals surface area (Å²) in [4.78, 5) is 2.41. The largest absolute Gasteiger partial charge is 0.388 e. The number of hydrogen-bond acceptors (Lipinski definition) is 3. The topological polar surface area (TPSA) is 49.5 Å². The molecule has 0 aromatic heterocycles. The number of aliphatic hydroxyl groups is 1. The van der Waals surface area contributed by atoms with Gasteiger partial charge in [0.2, 0.25) is 0 Å². The third-order valence-electron chi connectivity index (χ3n) is 5.05. The highest BCUT2D eigenvalue weighted by Gasteiger charge is 2.48. The smallest absolute Gasteiger partial charge is 0.0850 e. The summed E-state index contributed by atoms with van der Waals surface area (Å²) in [6, 6.07) is 0. The molecule has 0 aromatic carbocycles. The highest BCUT2D eigenvalue weighted by atomic mass is 16.3. The van der Waals surface area contributed by atoms with Gasteiger partial charge in [0, 0.05) is 18.6 Å². The Kier molecular flexibility index (Phi) is 4.11. The average Bonchev–Trinajstić information content (AvgIpc) is 2.56. The zero-order valence-corrected chi connectivity index (χ0v) is 11.2. The maximum atomic E-state index is 10.9. The van der Waals surface area contributed by atoms with Gasteiger partial charge in [-0.25, -0.2) is 0 Å². The van der Waals surface area contributed by atoms with Crippen LogP contribution < -0.4 is 5.73 Å². The van der Waals surface area contributed by atoms with Gasteiger partial charge < -0.3 is 15.7 Å². The monoisotopic (exact) mass is 240 g/mol. The Bertz CT molecular complexity index is 239. The molecule has 2 fully saturated rings. The van der Waals surface area contributed by atoms with Crippen molar-refractivity contribution in [2.45, 2.75) is 69.4 Å². The molecule has 1 heterocycles. The van der Waals surface area contributed by atoms with Crippen LogP contribution in [0.4, 0.5) is 0 Å². The summed E-state index contributed by atoms with van der Waals surface area (Å²) in [6.45, 7) is 5.29. The zero-order valence-electron chi connectivity index (χ0n) is 11.2. The maximum absolute atomic E-state index is 10.9. The lowest BCUT2D eigenvalue weighted by atomic mass is 9.70. The Morgan fingerprint density at radius 1 is 1.00 bits per heavy atom. The van der Waals surface area contributed by atoms with Crippen molar-refractivity contribution in [3.05, 3.63) is 0 Å². The van der Waals surface area contributed by atoms with Gasteiger partial charge in [-0.3, -0.25) is 0 Å². The number of likely N-dealkylation sites (tertiary alicyclic amines) is 1. The Morgan fingerprint density at radius 3 is 2.00 bits per heavy atom. The first-order valence-corrected chi connectivity index (χ1v) is 7.33. The molecule has 2 rings (SSSR count). The Labute approximate surface area is 105 Å². The van der Waals surface area contributed by atoms with Gasteiger partial charge in [0.25, 0.3) is 0 Å². The van der Waals surface area contributed by atoms with Gasteiger partial charge >= 0.3 is 0 Å². The molecule has 1 saturated heterocycles. The fraction of sp³-hybridized carbons (Fsp3) is 1.00. The molecule has 17 heavy (non-hydrogen) atoms. The van der Waals surface area contributed by atoms with Crippen LogP contribution in [0.2, 0.25) is 0 Å². The first-order valence-electron chi connectivity index (χ1n) is 7.33. The van der Waals surface area contributed by atoms with Crippen molar-refractivity contribution in [2.24, 2.45) is 5.73 Å². The van der Waals surface area contributed by atoms with Crippen molar-refractivity contribution < 1.29 is 5.11 Å². The minimum absolute atomic E-state index is 0.316. The van der Waals surface area contributed by atoms with E-state index in [1.807, 2.05) is 0 Å². The molecule has 0 aromatic rings. The van der Waals surface area contributed by atoms with Crippen molar-refractivity contribution in [2.75, 3.05) is 19.6 Å². The summed E-state index contributed by atoms with van der Waals surface area (Å²) in [5.74, 6) is 0. The van der Waals surface area contributed by atoms with E-state index in [2.05, 4.69) is 11.8 Å². The van der Waals surface area contributed by atoms with E-state index in [9.17, 15) is 5.11 Å². The zero-order chi connectivity index (χ0) is 12.4. The number of hydrogen-bond donors (Lipinski definition) is 2. The molecule has 1 aliphatic heterocycles. The van der Waals surface area contributed by atoms with Crippen molar-refractivity contribution >= 4 is 0 Å². The number of nitrogens with two attached hydrogens (primary N) is 1.